The first kappa shape index (κ1) is 10.1. The van der Waals surface area contributed by atoms with E-state index in [4.69, 9.17) is 4.42 Å². The zero-order valence-corrected chi connectivity index (χ0v) is 10.5. The van der Waals surface area contributed by atoms with Gasteiger partial charge in [-0.1, -0.05) is 0 Å². The van der Waals surface area contributed by atoms with E-state index in [0.717, 1.165) is 28.9 Å². The van der Waals surface area contributed by atoms with Crippen molar-refractivity contribution in [2.24, 2.45) is 7.05 Å². The fourth-order valence-corrected chi connectivity index (χ4v) is 2.58. The van der Waals surface area contributed by atoms with Crippen LogP contribution in [0.25, 0.3) is 0 Å². The van der Waals surface area contributed by atoms with Gasteiger partial charge in [0.25, 0.3) is 0 Å². The minimum absolute atomic E-state index is 0.186. The minimum atomic E-state index is 0.186. The molecule has 1 N–H and O–H groups in total. The SMILES string of the molecule is Cn1ncc(C2NCCc3occc32)c1Br. The molecular weight excluding hydrogens is 270 g/mol. The van der Waals surface area contributed by atoms with Crippen LogP contribution in [0.4, 0.5) is 0 Å². The van der Waals surface area contributed by atoms with Crippen molar-refractivity contribution in [3.05, 3.63) is 40.0 Å². The summed E-state index contributed by atoms with van der Waals surface area (Å²) in [5, 5.41) is 7.74. The van der Waals surface area contributed by atoms with Crippen LogP contribution in [0.1, 0.15) is 22.9 Å². The van der Waals surface area contributed by atoms with Gasteiger partial charge in [0, 0.05) is 31.1 Å². The predicted octanol–water partition coefficient (Wildman–Crippen LogP) is 2.01. The molecule has 1 aliphatic rings. The number of aromatic nitrogens is 2. The monoisotopic (exact) mass is 281 g/mol. The Labute approximate surface area is 102 Å². The normalized spacial score (nSPS) is 19.8. The molecule has 0 bridgehead atoms. The van der Waals surface area contributed by atoms with Gasteiger partial charge in [-0.3, -0.25) is 4.68 Å². The standard InChI is InChI=1S/C11H12BrN3O/c1-15-11(12)8(6-14-15)10-7-3-5-16-9(7)2-4-13-10/h3,5-6,10,13H,2,4H2,1H3. The van der Waals surface area contributed by atoms with Crippen LogP contribution in [-0.4, -0.2) is 16.3 Å². The van der Waals surface area contributed by atoms with Crippen molar-refractivity contribution in [2.45, 2.75) is 12.5 Å². The van der Waals surface area contributed by atoms with E-state index in [-0.39, 0.29) is 6.04 Å². The second-order valence-corrected chi connectivity index (χ2v) is 4.70. The predicted molar refractivity (Wildman–Crippen MR) is 63.2 cm³/mol. The first-order valence-electron chi connectivity index (χ1n) is 5.24. The molecule has 1 atom stereocenters. The maximum atomic E-state index is 5.47. The Morgan fingerprint density at radius 3 is 3.19 bits per heavy atom. The zero-order valence-electron chi connectivity index (χ0n) is 8.90. The van der Waals surface area contributed by atoms with Crippen LogP contribution in [0.15, 0.2) is 27.5 Å². The molecular formula is C11H12BrN3O. The molecule has 2 aromatic heterocycles. The van der Waals surface area contributed by atoms with Crippen LogP contribution < -0.4 is 5.32 Å². The van der Waals surface area contributed by atoms with Crippen molar-refractivity contribution >= 4 is 15.9 Å². The number of halogens is 1. The molecule has 0 saturated carbocycles. The molecule has 2 aromatic rings. The highest BCUT2D eigenvalue weighted by molar-refractivity contribution is 9.10. The Morgan fingerprint density at radius 1 is 1.56 bits per heavy atom. The fourth-order valence-electron chi connectivity index (χ4n) is 2.16. The molecule has 5 heteroatoms. The van der Waals surface area contributed by atoms with E-state index in [1.165, 1.54) is 5.56 Å². The lowest BCUT2D eigenvalue weighted by atomic mass is 9.97. The maximum Gasteiger partial charge on any atom is 0.110 e. The number of nitrogens with zero attached hydrogens (tertiary/aromatic N) is 2. The molecule has 0 fully saturated rings. The summed E-state index contributed by atoms with van der Waals surface area (Å²) in [5.74, 6) is 1.08. The highest BCUT2D eigenvalue weighted by atomic mass is 79.9. The molecule has 0 aliphatic carbocycles. The molecule has 1 unspecified atom stereocenters. The lowest BCUT2D eigenvalue weighted by molar-refractivity contribution is 0.455. The first-order valence-corrected chi connectivity index (χ1v) is 6.03. The Hall–Kier alpha value is -1.07. The van der Waals surface area contributed by atoms with Crippen LogP contribution in [-0.2, 0) is 13.5 Å². The molecule has 3 heterocycles. The van der Waals surface area contributed by atoms with E-state index >= 15 is 0 Å². The highest BCUT2D eigenvalue weighted by Gasteiger charge is 2.26. The summed E-state index contributed by atoms with van der Waals surface area (Å²) in [4.78, 5) is 0. The summed E-state index contributed by atoms with van der Waals surface area (Å²) in [6, 6.07) is 2.22. The largest absolute Gasteiger partial charge is 0.469 e. The van der Waals surface area contributed by atoms with Gasteiger partial charge in [-0.2, -0.15) is 5.10 Å². The summed E-state index contributed by atoms with van der Waals surface area (Å²) in [6.45, 7) is 0.937. The Balaban J connectivity index is 2.07. The van der Waals surface area contributed by atoms with Gasteiger partial charge in [0.15, 0.2) is 0 Å². The molecule has 0 spiro atoms. The second kappa shape index (κ2) is 3.75. The van der Waals surface area contributed by atoms with E-state index in [1.807, 2.05) is 24.0 Å². The number of nitrogens with one attached hydrogen (secondary N) is 1. The molecule has 0 radical (unpaired) electrons. The van der Waals surface area contributed by atoms with Crippen LogP contribution in [0.3, 0.4) is 0 Å². The number of hydrogen-bond acceptors (Lipinski definition) is 3. The topological polar surface area (TPSA) is 43.0 Å². The van der Waals surface area contributed by atoms with Crippen molar-refractivity contribution in [1.29, 1.82) is 0 Å². The summed E-state index contributed by atoms with van der Waals surface area (Å²) >= 11 is 3.56. The maximum absolute atomic E-state index is 5.47. The molecule has 1 aliphatic heterocycles. The fraction of sp³-hybridized carbons (Fsp3) is 0.364. The van der Waals surface area contributed by atoms with E-state index in [9.17, 15) is 0 Å². The average molecular weight is 282 g/mol. The van der Waals surface area contributed by atoms with E-state index in [0.29, 0.717) is 0 Å². The van der Waals surface area contributed by atoms with Crippen molar-refractivity contribution in [3.8, 4) is 0 Å². The lowest BCUT2D eigenvalue weighted by Crippen LogP contribution is -2.29. The van der Waals surface area contributed by atoms with Gasteiger partial charge in [-0.15, -0.1) is 0 Å². The van der Waals surface area contributed by atoms with Gasteiger partial charge >= 0.3 is 0 Å². The minimum Gasteiger partial charge on any atom is -0.469 e. The summed E-state index contributed by atoms with van der Waals surface area (Å²) in [7, 11) is 1.92. The van der Waals surface area contributed by atoms with Crippen LogP contribution in [0, 0.1) is 0 Å². The molecule has 3 rings (SSSR count). The molecule has 0 amide bonds. The molecule has 0 aromatic carbocycles. The van der Waals surface area contributed by atoms with E-state index in [2.05, 4.69) is 26.3 Å². The van der Waals surface area contributed by atoms with Crippen molar-refractivity contribution in [3.63, 3.8) is 0 Å². The third-order valence-corrected chi connectivity index (χ3v) is 3.97. The molecule has 16 heavy (non-hydrogen) atoms. The smallest absolute Gasteiger partial charge is 0.110 e. The van der Waals surface area contributed by atoms with Gasteiger partial charge in [0.2, 0.25) is 0 Å². The van der Waals surface area contributed by atoms with E-state index < -0.39 is 0 Å². The molecule has 0 saturated heterocycles. The highest BCUT2D eigenvalue weighted by Crippen LogP contribution is 2.32. The Morgan fingerprint density at radius 2 is 2.44 bits per heavy atom. The first-order chi connectivity index (χ1) is 7.77. The van der Waals surface area contributed by atoms with Crippen LogP contribution in [0.5, 0.6) is 0 Å². The third-order valence-electron chi connectivity index (χ3n) is 2.99. The third kappa shape index (κ3) is 1.43. The van der Waals surface area contributed by atoms with Gasteiger partial charge in [-0.05, 0) is 22.0 Å². The van der Waals surface area contributed by atoms with Crippen LogP contribution >= 0.6 is 15.9 Å². The number of hydrogen-bond donors (Lipinski definition) is 1. The zero-order chi connectivity index (χ0) is 11.1. The summed E-state index contributed by atoms with van der Waals surface area (Å²) < 4.78 is 8.31. The van der Waals surface area contributed by atoms with Gasteiger partial charge in [0.1, 0.15) is 10.4 Å². The molecule has 4 nitrogen and oxygen atoms in total. The average Bonchev–Trinajstić information content (AvgIpc) is 2.87. The van der Waals surface area contributed by atoms with Crippen molar-refractivity contribution in [2.75, 3.05) is 6.54 Å². The van der Waals surface area contributed by atoms with Gasteiger partial charge in [-0.25, -0.2) is 0 Å². The lowest BCUT2D eigenvalue weighted by Gasteiger charge is -2.22. The van der Waals surface area contributed by atoms with Gasteiger partial charge < -0.3 is 9.73 Å². The number of fused-ring (bicyclic) bond motifs is 1. The number of rotatable bonds is 1. The Kier molecular flexibility index (Phi) is 2.37. The quantitative estimate of drug-likeness (QED) is 0.870. The molecule has 84 valence electrons. The van der Waals surface area contributed by atoms with Crippen molar-refractivity contribution in [1.82, 2.24) is 15.1 Å². The Bertz CT molecular complexity index is 517. The van der Waals surface area contributed by atoms with E-state index in [1.54, 1.807) is 6.26 Å². The summed E-state index contributed by atoms with van der Waals surface area (Å²) in [6.07, 6.45) is 4.61. The van der Waals surface area contributed by atoms with Crippen LogP contribution in [0.2, 0.25) is 0 Å². The number of furan rings is 1. The second-order valence-electron chi connectivity index (χ2n) is 3.95. The summed E-state index contributed by atoms with van der Waals surface area (Å²) in [5.41, 5.74) is 2.38. The number of aryl methyl sites for hydroxylation is 1. The van der Waals surface area contributed by atoms with Crippen molar-refractivity contribution < 1.29 is 4.42 Å². The van der Waals surface area contributed by atoms with Gasteiger partial charge in [0.05, 0.1) is 18.5 Å².